The van der Waals surface area contributed by atoms with Gasteiger partial charge in [-0.2, -0.15) is 0 Å². The van der Waals surface area contributed by atoms with E-state index in [1.165, 1.54) is 12.1 Å². The molecule has 1 fully saturated rings. The monoisotopic (exact) mass is 256 g/mol. The standard InChI is InChI=1S/C11H13ClN2O3/c12-8-4-3-7(5-9(8)14(16)17)10(13)11(15)6-1-2-6/h3-6,10-11,15H,1-2,13H2/t10-,11+/m0/s1. The molecule has 2 atom stereocenters. The first-order valence-corrected chi connectivity index (χ1v) is 5.76. The van der Waals surface area contributed by atoms with Gasteiger partial charge in [-0.3, -0.25) is 10.1 Å². The molecule has 0 aromatic heterocycles. The fraction of sp³-hybridized carbons (Fsp3) is 0.455. The van der Waals surface area contributed by atoms with Crippen LogP contribution in [0.1, 0.15) is 24.4 Å². The Labute approximate surface area is 103 Å². The molecular weight excluding hydrogens is 244 g/mol. The van der Waals surface area contributed by atoms with Gasteiger partial charge in [-0.15, -0.1) is 0 Å². The van der Waals surface area contributed by atoms with Crippen LogP contribution in [0.2, 0.25) is 5.02 Å². The molecule has 0 amide bonds. The minimum Gasteiger partial charge on any atom is -0.391 e. The van der Waals surface area contributed by atoms with Gasteiger partial charge in [0.1, 0.15) is 5.02 Å². The van der Waals surface area contributed by atoms with Gasteiger partial charge in [0, 0.05) is 6.07 Å². The molecule has 0 bridgehead atoms. The molecule has 0 aliphatic heterocycles. The van der Waals surface area contributed by atoms with Crippen molar-refractivity contribution in [2.24, 2.45) is 11.7 Å². The third kappa shape index (κ3) is 2.57. The first-order valence-electron chi connectivity index (χ1n) is 5.38. The van der Waals surface area contributed by atoms with Crippen LogP contribution in [0.3, 0.4) is 0 Å². The quantitative estimate of drug-likeness (QED) is 0.637. The van der Waals surface area contributed by atoms with Crippen molar-refractivity contribution in [3.05, 3.63) is 38.9 Å². The van der Waals surface area contributed by atoms with Crippen LogP contribution < -0.4 is 5.73 Å². The van der Waals surface area contributed by atoms with Crippen molar-refractivity contribution < 1.29 is 10.0 Å². The van der Waals surface area contributed by atoms with Crippen LogP contribution >= 0.6 is 11.6 Å². The van der Waals surface area contributed by atoms with Gasteiger partial charge < -0.3 is 10.8 Å². The number of hydrogen-bond donors (Lipinski definition) is 2. The molecule has 0 heterocycles. The van der Waals surface area contributed by atoms with Crippen LogP contribution in [0.15, 0.2) is 18.2 Å². The summed E-state index contributed by atoms with van der Waals surface area (Å²) in [5.74, 6) is 0.222. The third-order valence-electron chi connectivity index (χ3n) is 3.02. The van der Waals surface area contributed by atoms with Gasteiger partial charge in [0.15, 0.2) is 0 Å². The number of nitrogens with zero attached hydrogens (tertiary/aromatic N) is 1. The summed E-state index contributed by atoms with van der Waals surface area (Å²) in [6.45, 7) is 0. The van der Waals surface area contributed by atoms with Crippen LogP contribution in [-0.4, -0.2) is 16.1 Å². The van der Waals surface area contributed by atoms with Gasteiger partial charge in [-0.25, -0.2) is 0 Å². The van der Waals surface area contributed by atoms with Gasteiger partial charge in [-0.1, -0.05) is 17.7 Å². The van der Waals surface area contributed by atoms with Crippen molar-refractivity contribution in [3.8, 4) is 0 Å². The highest BCUT2D eigenvalue weighted by Crippen LogP contribution is 2.38. The molecule has 6 heteroatoms. The SMILES string of the molecule is N[C@@H](c1ccc(Cl)c([N+](=O)[O-])c1)[C@H](O)C1CC1. The van der Waals surface area contributed by atoms with Gasteiger partial charge in [0.2, 0.25) is 0 Å². The molecule has 1 saturated carbocycles. The molecule has 0 saturated heterocycles. The molecule has 2 rings (SSSR count). The average molecular weight is 257 g/mol. The van der Waals surface area contributed by atoms with Gasteiger partial charge in [-0.05, 0) is 30.4 Å². The average Bonchev–Trinajstić information content (AvgIpc) is 3.11. The van der Waals surface area contributed by atoms with E-state index >= 15 is 0 Å². The minimum atomic E-state index is -0.643. The van der Waals surface area contributed by atoms with Crippen molar-refractivity contribution in [2.75, 3.05) is 0 Å². The summed E-state index contributed by atoms with van der Waals surface area (Å²) in [5.41, 5.74) is 6.25. The van der Waals surface area contributed by atoms with E-state index in [4.69, 9.17) is 17.3 Å². The maximum Gasteiger partial charge on any atom is 0.288 e. The zero-order valence-corrected chi connectivity index (χ0v) is 9.80. The molecule has 3 N–H and O–H groups in total. The van der Waals surface area contributed by atoms with Crippen molar-refractivity contribution in [1.29, 1.82) is 0 Å². The van der Waals surface area contributed by atoms with E-state index in [0.717, 1.165) is 12.8 Å². The fourth-order valence-corrected chi connectivity index (χ4v) is 1.99. The molecule has 1 aliphatic carbocycles. The molecule has 5 nitrogen and oxygen atoms in total. The molecule has 0 unspecified atom stereocenters. The normalized spacial score (nSPS) is 18.8. The maximum atomic E-state index is 10.7. The summed E-state index contributed by atoms with van der Waals surface area (Å²) in [4.78, 5) is 10.2. The van der Waals surface area contributed by atoms with Gasteiger partial charge in [0.25, 0.3) is 5.69 Å². The summed E-state index contributed by atoms with van der Waals surface area (Å²) >= 11 is 5.71. The van der Waals surface area contributed by atoms with Crippen LogP contribution in [-0.2, 0) is 0 Å². The summed E-state index contributed by atoms with van der Waals surface area (Å²) in [5, 5.41) is 20.7. The second-order valence-corrected chi connectivity index (χ2v) is 4.73. The number of aliphatic hydroxyl groups excluding tert-OH is 1. The highest BCUT2D eigenvalue weighted by atomic mass is 35.5. The van der Waals surface area contributed by atoms with E-state index in [-0.39, 0.29) is 16.6 Å². The first kappa shape index (κ1) is 12.3. The summed E-state index contributed by atoms with van der Waals surface area (Å²) in [7, 11) is 0. The Balaban J connectivity index is 2.25. The third-order valence-corrected chi connectivity index (χ3v) is 3.34. The van der Waals surface area contributed by atoms with E-state index < -0.39 is 17.1 Å². The number of halogens is 1. The van der Waals surface area contributed by atoms with E-state index in [0.29, 0.717) is 5.56 Å². The number of benzene rings is 1. The van der Waals surface area contributed by atoms with Crippen LogP contribution in [0.4, 0.5) is 5.69 Å². The number of aliphatic hydroxyl groups is 1. The highest BCUT2D eigenvalue weighted by Gasteiger charge is 2.34. The summed E-state index contributed by atoms with van der Waals surface area (Å²) < 4.78 is 0. The lowest BCUT2D eigenvalue weighted by Crippen LogP contribution is -2.27. The summed E-state index contributed by atoms with van der Waals surface area (Å²) in [6.07, 6.45) is 1.28. The van der Waals surface area contributed by atoms with E-state index in [1.54, 1.807) is 6.07 Å². The van der Waals surface area contributed by atoms with Crippen molar-refractivity contribution >= 4 is 17.3 Å². The van der Waals surface area contributed by atoms with Crippen molar-refractivity contribution in [3.63, 3.8) is 0 Å². The Morgan fingerprint density at radius 2 is 2.18 bits per heavy atom. The van der Waals surface area contributed by atoms with Crippen LogP contribution in [0.25, 0.3) is 0 Å². The minimum absolute atomic E-state index is 0.0758. The Hall–Kier alpha value is -1.17. The van der Waals surface area contributed by atoms with E-state index in [2.05, 4.69) is 0 Å². The van der Waals surface area contributed by atoms with Gasteiger partial charge in [0.05, 0.1) is 17.1 Å². The summed E-state index contributed by atoms with van der Waals surface area (Å²) in [6, 6.07) is 3.79. The van der Waals surface area contributed by atoms with Crippen LogP contribution in [0, 0.1) is 16.0 Å². The molecule has 1 aromatic rings. The Morgan fingerprint density at radius 1 is 1.53 bits per heavy atom. The van der Waals surface area contributed by atoms with Crippen molar-refractivity contribution in [1.82, 2.24) is 0 Å². The number of rotatable bonds is 4. The van der Waals surface area contributed by atoms with E-state index in [1.807, 2.05) is 0 Å². The zero-order chi connectivity index (χ0) is 12.6. The topological polar surface area (TPSA) is 89.4 Å². The largest absolute Gasteiger partial charge is 0.391 e. The second kappa shape index (κ2) is 4.60. The highest BCUT2D eigenvalue weighted by molar-refractivity contribution is 6.32. The first-order chi connectivity index (χ1) is 8.00. The van der Waals surface area contributed by atoms with Crippen molar-refractivity contribution in [2.45, 2.75) is 25.0 Å². The van der Waals surface area contributed by atoms with E-state index in [9.17, 15) is 15.2 Å². The second-order valence-electron chi connectivity index (χ2n) is 4.32. The molecule has 0 spiro atoms. The fourth-order valence-electron chi connectivity index (χ4n) is 1.81. The predicted octanol–water partition coefficient (Wildman–Crippen LogP) is 2.02. The molecular formula is C11H13ClN2O3. The van der Waals surface area contributed by atoms with Crippen LogP contribution in [0.5, 0.6) is 0 Å². The molecule has 17 heavy (non-hydrogen) atoms. The number of nitro groups is 1. The lowest BCUT2D eigenvalue weighted by atomic mass is 9.99. The maximum absolute atomic E-state index is 10.7. The zero-order valence-electron chi connectivity index (χ0n) is 9.04. The lowest BCUT2D eigenvalue weighted by Gasteiger charge is -2.18. The Morgan fingerprint density at radius 3 is 2.71 bits per heavy atom. The van der Waals surface area contributed by atoms with Gasteiger partial charge >= 0.3 is 0 Å². The molecule has 1 aliphatic rings. The Bertz CT molecular complexity index is 448. The molecule has 1 aromatic carbocycles. The number of nitro benzene ring substituents is 1. The number of hydrogen-bond acceptors (Lipinski definition) is 4. The number of nitrogens with two attached hydrogens (primary N) is 1. The molecule has 92 valence electrons. The predicted molar refractivity (Wildman–Crippen MR) is 63.8 cm³/mol. The smallest absolute Gasteiger partial charge is 0.288 e. The molecule has 0 radical (unpaired) electrons. The Kier molecular flexibility index (Phi) is 3.33. The lowest BCUT2D eigenvalue weighted by molar-refractivity contribution is -0.384.